The van der Waals surface area contributed by atoms with Crippen LogP contribution in [0.3, 0.4) is 0 Å². The molecule has 0 saturated carbocycles. The minimum absolute atomic E-state index is 0. The third-order valence-corrected chi connectivity index (χ3v) is 7.83. The molecule has 0 atom stereocenters. The fourth-order valence-electron chi connectivity index (χ4n) is 4.66. The summed E-state index contributed by atoms with van der Waals surface area (Å²) in [6, 6.07) is 48.0. The molecule has 1 radical (unpaired) electrons. The molecule has 0 fully saturated rings. The molecule has 7 aromatic rings. The van der Waals surface area contributed by atoms with E-state index in [2.05, 4.69) is 83.6 Å². The van der Waals surface area contributed by atoms with Gasteiger partial charge in [0.25, 0.3) is 0 Å². The largest absolute Gasteiger partial charge is 0.305 e. The van der Waals surface area contributed by atoms with E-state index in [1.807, 2.05) is 84.3 Å². The van der Waals surface area contributed by atoms with E-state index in [0.29, 0.717) is 0 Å². The van der Waals surface area contributed by atoms with Crippen molar-refractivity contribution in [2.24, 2.45) is 0 Å². The van der Waals surface area contributed by atoms with Gasteiger partial charge < -0.3 is 9.97 Å². The molecule has 0 aliphatic carbocycles. The molecule has 0 N–H and O–H groups in total. The van der Waals surface area contributed by atoms with Crippen LogP contribution in [0, 0.1) is 12.1 Å². The van der Waals surface area contributed by atoms with Crippen molar-refractivity contribution in [2.45, 2.75) is 13.3 Å². The molecule has 40 heavy (non-hydrogen) atoms. The topological polar surface area (TPSA) is 25.8 Å². The Balaban J connectivity index is 0.000000184. The number of nitrogens with zero attached hydrogens (tertiary/aromatic N) is 2. The number of aromatic nitrogens is 2. The van der Waals surface area contributed by atoms with Crippen LogP contribution in [-0.4, -0.2) is 9.97 Å². The summed E-state index contributed by atoms with van der Waals surface area (Å²) in [7, 11) is 0. The van der Waals surface area contributed by atoms with Crippen LogP contribution in [0.2, 0.25) is 0 Å². The minimum atomic E-state index is 0. The van der Waals surface area contributed by atoms with Crippen molar-refractivity contribution in [3.63, 3.8) is 0 Å². The molecule has 0 bridgehead atoms. The van der Waals surface area contributed by atoms with Crippen molar-refractivity contribution in [3.8, 4) is 33.6 Å². The molecule has 4 aromatic carbocycles. The second kappa shape index (κ2) is 12.9. The predicted octanol–water partition coefficient (Wildman–Crippen LogP) is 9.69. The summed E-state index contributed by atoms with van der Waals surface area (Å²) in [6.07, 6.45) is 2.79. The number of hydrogen-bond acceptors (Lipinski definition) is 3. The summed E-state index contributed by atoms with van der Waals surface area (Å²) in [5, 5.41) is 2.65. The van der Waals surface area contributed by atoms with Crippen molar-refractivity contribution < 1.29 is 20.1 Å². The van der Waals surface area contributed by atoms with Crippen LogP contribution >= 0.6 is 11.3 Å². The van der Waals surface area contributed by atoms with Gasteiger partial charge in [0.2, 0.25) is 0 Å². The number of hydrogen-bond donors (Lipinski definition) is 0. The van der Waals surface area contributed by atoms with Gasteiger partial charge in [-0.05, 0) is 41.6 Å². The van der Waals surface area contributed by atoms with Gasteiger partial charge in [0.05, 0.1) is 0 Å². The van der Waals surface area contributed by atoms with E-state index in [-0.39, 0.29) is 20.1 Å². The first-order valence-corrected chi connectivity index (χ1v) is 13.9. The zero-order valence-electron chi connectivity index (χ0n) is 22.0. The van der Waals surface area contributed by atoms with E-state index in [4.69, 9.17) is 0 Å². The molecule has 7 rings (SSSR count). The molecule has 4 heteroatoms. The normalized spacial score (nSPS) is 10.5. The van der Waals surface area contributed by atoms with Gasteiger partial charge in [-0.1, -0.05) is 73.2 Å². The molecule has 0 amide bonds. The molecule has 0 saturated heterocycles. The van der Waals surface area contributed by atoms with Crippen molar-refractivity contribution >= 4 is 31.5 Å². The number of aryl methyl sites for hydroxylation is 1. The van der Waals surface area contributed by atoms with Gasteiger partial charge in [0.15, 0.2) is 0 Å². The Morgan fingerprint density at radius 3 is 2.27 bits per heavy atom. The Morgan fingerprint density at radius 1 is 0.675 bits per heavy atom. The quantitative estimate of drug-likeness (QED) is 0.170. The Hall–Kier alpha value is -3.95. The SMILES string of the molecule is CCc1cccc(-c2[c-]cccc2)n1.[Ir].[c-]1ccc(-c2cccc3c2sc2ccccc23)cc1-c1ccccn1. The van der Waals surface area contributed by atoms with Crippen LogP contribution in [0.25, 0.3) is 53.8 Å². The van der Waals surface area contributed by atoms with Gasteiger partial charge in [-0.3, -0.25) is 0 Å². The van der Waals surface area contributed by atoms with Crippen LogP contribution in [0.15, 0.2) is 128 Å². The van der Waals surface area contributed by atoms with E-state index < -0.39 is 0 Å². The van der Waals surface area contributed by atoms with Crippen molar-refractivity contribution in [2.75, 3.05) is 0 Å². The fourth-order valence-corrected chi connectivity index (χ4v) is 5.90. The summed E-state index contributed by atoms with van der Waals surface area (Å²) >= 11 is 1.86. The predicted molar refractivity (Wildman–Crippen MR) is 165 cm³/mol. The van der Waals surface area contributed by atoms with Gasteiger partial charge in [-0.15, -0.1) is 77.1 Å². The van der Waals surface area contributed by atoms with Gasteiger partial charge in [0, 0.05) is 52.2 Å². The monoisotopic (exact) mass is 711 g/mol. The van der Waals surface area contributed by atoms with Crippen LogP contribution in [0.1, 0.15) is 12.6 Å². The van der Waals surface area contributed by atoms with Gasteiger partial charge in [-0.2, -0.15) is 0 Å². The molecule has 0 aliphatic heterocycles. The van der Waals surface area contributed by atoms with Gasteiger partial charge >= 0.3 is 0 Å². The molecule has 0 aliphatic rings. The van der Waals surface area contributed by atoms with Crippen molar-refractivity contribution in [1.29, 1.82) is 0 Å². The van der Waals surface area contributed by atoms with Crippen LogP contribution in [0.5, 0.6) is 0 Å². The number of fused-ring (bicyclic) bond motifs is 3. The smallest absolute Gasteiger partial charge is 0.0417 e. The molecule has 0 unspecified atom stereocenters. The number of thiophene rings is 1. The first kappa shape index (κ1) is 27.6. The van der Waals surface area contributed by atoms with E-state index in [9.17, 15) is 0 Å². The first-order valence-electron chi connectivity index (χ1n) is 13.1. The average Bonchev–Trinajstić information content (AvgIpc) is 3.41. The van der Waals surface area contributed by atoms with Crippen LogP contribution in [0.4, 0.5) is 0 Å². The third kappa shape index (κ3) is 5.95. The number of rotatable bonds is 4. The molecule has 2 nitrogen and oxygen atoms in total. The zero-order chi connectivity index (χ0) is 26.4. The fraction of sp³-hybridized carbons (Fsp3) is 0.0556. The molecule has 3 heterocycles. The van der Waals surface area contributed by atoms with Gasteiger partial charge in [-0.25, -0.2) is 0 Å². The Morgan fingerprint density at radius 2 is 1.45 bits per heavy atom. The molecule has 3 aromatic heterocycles. The summed E-state index contributed by atoms with van der Waals surface area (Å²) in [6.45, 7) is 2.11. The maximum absolute atomic E-state index is 4.53. The summed E-state index contributed by atoms with van der Waals surface area (Å²) in [5.74, 6) is 0. The minimum Gasteiger partial charge on any atom is -0.305 e. The van der Waals surface area contributed by atoms with E-state index in [1.165, 1.54) is 31.3 Å². The van der Waals surface area contributed by atoms with Crippen LogP contribution in [-0.2, 0) is 26.5 Å². The zero-order valence-corrected chi connectivity index (χ0v) is 25.2. The molecule has 0 spiro atoms. The maximum Gasteiger partial charge on any atom is 0.0417 e. The Bertz CT molecular complexity index is 1850. The second-order valence-corrected chi connectivity index (χ2v) is 10.2. The Kier molecular flexibility index (Phi) is 8.93. The summed E-state index contributed by atoms with van der Waals surface area (Å²) in [4.78, 5) is 8.98. The molecule has 197 valence electrons. The molecular formula is C36H26IrN2S-2. The van der Waals surface area contributed by atoms with Crippen molar-refractivity contribution in [3.05, 3.63) is 145 Å². The number of benzene rings is 4. The van der Waals surface area contributed by atoms with E-state index >= 15 is 0 Å². The summed E-state index contributed by atoms with van der Waals surface area (Å²) < 4.78 is 2.67. The molecular weight excluding hydrogens is 685 g/mol. The standard InChI is InChI=1S/C23H14NS.C13H12N.Ir/c1-2-13-22-19(9-1)20-11-6-10-18(23(20)25-22)16-7-5-8-17(15-16)21-12-3-4-14-24-21;1-2-12-9-6-10-13(14-12)11-7-4-3-5-8-11;/h1-7,9-15H;3-7,9-10H,2H2,1H3;/q2*-1;. The van der Waals surface area contributed by atoms with Crippen LogP contribution < -0.4 is 0 Å². The summed E-state index contributed by atoms with van der Waals surface area (Å²) in [5.41, 5.74) is 7.64. The Labute approximate surface area is 252 Å². The number of pyridine rings is 2. The third-order valence-electron chi connectivity index (χ3n) is 6.61. The second-order valence-electron chi connectivity index (χ2n) is 9.13. The average molecular weight is 711 g/mol. The van der Waals surface area contributed by atoms with Crippen molar-refractivity contribution in [1.82, 2.24) is 9.97 Å². The first-order chi connectivity index (χ1) is 19.3. The van der Waals surface area contributed by atoms with Gasteiger partial charge in [0.1, 0.15) is 0 Å². The maximum atomic E-state index is 4.53. The van der Waals surface area contributed by atoms with E-state index in [1.54, 1.807) is 0 Å². The van der Waals surface area contributed by atoms with E-state index in [0.717, 1.165) is 34.6 Å².